The van der Waals surface area contributed by atoms with Crippen LogP contribution in [0.1, 0.15) is 361 Å². The lowest BCUT2D eigenvalue weighted by molar-refractivity contribution is -0.220. The van der Waals surface area contributed by atoms with Crippen LogP contribution in [0.15, 0.2) is 0 Å². The molecule has 1 saturated carbocycles. The van der Waals surface area contributed by atoms with Crippen molar-refractivity contribution in [2.45, 2.75) is 403 Å². The third-order valence-corrected chi connectivity index (χ3v) is 18.0. The average Bonchev–Trinajstić information content (AvgIpc) is 3.48. The fraction of sp³-hybridized carbons (Fsp3) is 0.985. The van der Waals surface area contributed by atoms with Crippen LogP contribution in [-0.2, 0) is 27.9 Å². The van der Waals surface area contributed by atoms with E-state index in [0.717, 1.165) is 38.5 Å². The van der Waals surface area contributed by atoms with Crippen molar-refractivity contribution in [2.75, 3.05) is 19.8 Å². The summed E-state index contributed by atoms with van der Waals surface area (Å²) in [5.41, 5.74) is 0. The lowest BCUT2D eigenvalue weighted by atomic mass is 9.85. The zero-order valence-corrected chi connectivity index (χ0v) is 53.3. The molecule has 0 bridgehead atoms. The summed E-state index contributed by atoms with van der Waals surface area (Å²) in [7, 11) is -5.02. The third-order valence-electron chi connectivity index (χ3n) is 17.0. The van der Waals surface area contributed by atoms with Gasteiger partial charge in [0.1, 0.15) is 42.7 Å². The van der Waals surface area contributed by atoms with E-state index in [9.17, 15) is 39.8 Å². The molecule has 1 aliphatic rings. The maximum absolute atomic E-state index is 12.9. The largest absolute Gasteiger partial charge is 0.472 e. The zero-order chi connectivity index (χ0) is 58.3. The topological polar surface area (TPSA) is 192 Å². The first-order valence-corrected chi connectivity index (χ1v) is 36.4. The Morgan fingerprint density at radius 1 is 0.350 bits per heavy atom. The molecule has 1 rings (SSSR count). The van der Waals surface area contributed by atoms with Crippen LogP contribution >= 0.6 is 7.82 Å². The zero-order valence-electron chi connectivity index (χ0n) is 52.4. The second-order valence-electron chi connectivity index (χ2n) is 24.8. The Balaban J connectivity index is 2.11. The molecule has 0 saturated heterocycles. The fourth-order valence-corrected chi connectivity index (χ4v) is 12.5. The van der Waals surface area contributed by atoms with E-state index in [1.807, 2.05) is 0 Å². The van der Waals surface area contributed by atoms with Crippen LogP contribution in [0.3, 0.4) is 0 Å². The monoisotopic (exact) mass is 1160 g/mol. The van der Waals surface area contributed by atoms with Crippen molar-refractivity contribution in [3.05, 3.63) is 0 Å². The summed E-state index contributed by atoms with van der Waals surface area (Å²) < 4.78 is 34.5. The predicted octanol–water partition coefficient (Wildman–Crippen LogP) is 18.3. The molecule has 0 spiro atoms. The number of aliphatic hydroxyl groups excluding tert-OH is 5. The molecular weight excluding hydrogens is 1030 g/mol. The van der Waals surface area contributed by atoms with Gasteiger partial charge < -0.3 is 39.9 Å². The number of hydrogen-bond acceptors (Lipinski definition) is 11. The highest BCUT2D eigenvalue weighted by Gasteiger charge is 2.51. The molecule has 0 amide bonds. The molecular formula is C67H133O12P. The Kier molecular flexibility index (Phi) is 55.5. The number of unbranched alkanes of at least 4 members (excludes halogenated alkanes) is 51. The van der Waals surface area contributed by atoms with Gasteiger partial charge in [-0.1, -0.05) is 341 Å². The molecule has 80 heavy (non-hydrogen) atoms. The SMILES string of the molecule is CCCCCCCCCCCCCCCCCCCCCCCCCCCCCCCCCCCCCC(=O)O[C@H](COCCCCCCCCCCCCCCCCCCCC)COP(=O)(O)OC1C(O)C(O)C(O)[C@@H](O)C1O. The number of hydrogen-bond donors (Lipinski definition) is 6. The first-order valence-electron chi connectivity index (χ1n) is 34.9. The summed E-state index contributed by atoms with van der Waals surface area (Å²) in [6.07, 6.45) is 57.9. The number of phosphoric acid groups is 1. The van der Waals surface area contributed by atoms with Crippen molar-refractivity contribution >= 4 is 13.8 Å². The standard InChI is InChI=1S/C67H133O12P/c1-3-5-7-9-11-13-15-17-19-21-23-24-25-26-27-28-29-30-31-32-33-34-35-36-37-38-39-40-42-44-46-48-50-52-54-56-61(68)78-60(59-77-80(74,75)79-67-65(72)63(70)62(69)64(71)66(67)73)58-76-57-55-53-51-49-47-45-43-41-22-20-18-16-14-12-10-8-6-4-2/h60,62-67,69-73H,3-59H2,1-2H3,(H,74,75)/t60-,62?,63-,64?,65?,66?,67?/m1/s1. The van der Waals surface area contributed by atoms with Gasteiger partial charge in [-0.05, 0) is 12.8 Å². The van der Waals surface area contributed by atoms with E-state index in [1.165, 1.54) is 295 Å². The number of rotatable bonds is 63. The van der Waals surface area contributed by atoms with Gasteiger partial charge in [0.15, 0.2) is 0 Å². The van der Waals surface area contributed by atoms with Crippen molar-refractivity contribution in [1.29, 1.82) is 0 Å². The van der Waals surface area contributed by atoms with Crippen LogP contribution < -0.4 is 0 Å². The average molecular weight is 1160 g/mol. The van der Waals surface area contributed by atoms with Gasteiger partial charge in [0.2, 0.25) is 0 Å². The lowest BCUT2D eigenvalue weighted by Crippen LogP contribution is -2.64. The molecule has 13 heteroatoms. The Morgan fingerprint density at radius 2 is 0.588 bits per heavy atom. The molecule has 0 heterocycles. The van der Waals surface area contributed by atoms with Crippen LogP contribution in [0.2, 0.25) is 0 Å². The number of carbonyl (C=O) groups is 1. The van der Waals surface area contributed by atoms with Crippen molar-refractivity contribution < 1.29 is 58.3 Å². The summed E-state index contributed by atoms with van der Waals surface area (Å²) in [6, 6.07) is 0. The van der Waals surface area contributed by atoms with Gasteiger partial charge in [0.05, 0.1) is 13.2 Å². The first-order chi connectivity index (χ1) is 39.0. The minimum atomic E-state index is -5.02. The van der Waals surface area contributed by atoms with E-state index in [2.05, 4.69) is 13.8 Å². The molecule has 6 N–H and O–H groups in total. The van der Waals surface area contributed by atoms with Crippen molar-refractivity contribution in [2.24, 2.45) is 0 Å². The molecule has 6 unspecified atom stereocenters. The maximum atomic E-state index is 12.9. The van der Waals surface area contributed by atoms with Crippen molar-refractivity contribution in [3.63, 3.8) is 0 Å². The van der Waals surface area contributed by atoms with Gasteiger partial charge in [0, 0.05) is 13.0 Å². The van der Waals surface area contributed by atoms with Gasteiger partial charge in [-0.25, -0.2) is 4.57 Å². The number of carbonyl (C=O) groups excluding carboxylic acids is 1. The minimum Gasteiger partial charge on any atom is -0.457 e. The van der Waals surface area contributed by atoms with Gasteiger partial charge in [0.25, 0.3) is 0 Å². The quantitative estimate of drug-likeness (QED) is 0.0192. The van der Waals surface area contributed by atoms with E-state index >= 15 is 0 Å². The Morgan fingerprint density at radius 3 is 0.863 bits per heavy atom. The van der Waals surface area contributed by atoms with Gasteiger partial charge >= 0.3 is 13.8 Å². The lowest BCUT2D eigenvalue weighted by Gasteiger charge is -2.41. The number of phosphoric ester groups is 1. The fourth-order valence-electron chi connectivity index (χ4n) is 11.5. The summed E-state index contributed by atoms with van der Waals surface area (Å²) in [4.78, 5) is 23.4. The van der Waals surface area contributed by atoms with Gasteiger partial charge in [-0.15, -0.1) is 0 Å². The molecule has 1 aliphatic carbocycles. The Labute approximate surface area is 493 Å². The normalized spacial score (nSPS) is 19.6. The van der Waals surface area contributed by atoms with E-state index in [-0.39, 0.29) is 13.0 Å². The summed E-state index contributed by atoms with van der Waals surface area (Å²) >= 11 is 0. The van der Waals surface area contributed by atoms with Crippen molar-refractivity contribution in [3.8, 4) is 0 Å². The van der Waals surface area contributed by atoms with Crippen LogP contribution in [0.5, 0.6) is 0 Å². The number of esters is 1. The summed E-state index contributed by atoms with van der Waals surface area (Å²) in [5, 5.41) is 50.6. The van der Waals surface area contributed by atoms with Crippen molar-refractivity contribution in [1.82, 2.24) is 0 Å². The number of ether oxygens (including phenoxy) is 2. The van der Waals surface area contributed by atoms with E-state index in [4.69, 9.17) is 18.5 Å². The minimum absolute atomic E-state index is 0.0668. The molecule has 0 aromatic rings. The molecule has 0 aromatic carbocycles. The predicted molar refractivity (Wildman–Crippen MR) is 332 cm³/mol. The molecule has 0 radical (unpaired) electrons. The van der Waals surface area contributed by atoms with Crippen LogP contribution in [0.4, 0.5) is 0 Å². The molecule has 478 valence electrons. The molecule has 12 nitrogen and oxygen atoms in total. The molecule has 8 atom stereocenters. The van der Waals surface area contributed by atoms with E-state index < -0.39 is 63.1 Å². The molecule has 1 fully saturated rings. The Hall–Kier alpha value is -0.660. The van der Waals surface area contributed by atoms with Crippen LogP contribution in [0.25, 0.3) is 0 Å². The van der Waals surface area contributed by atoms with Gasteiger partial charge in [-0.3, -0.25) is 13.8 Å². The second kappa shape index (κ2) is 57.4. The Bertz CT molecular complexity index is 1330. The molecule has 0 aliphatic heterocycles. The second-order valence-corrected chi connectivity index (χ2v) is 26.2. The highest BCUT2D eigenvalue weighted by molar-refractivity contribution is 7.47. The molecule has 0 aromatic heterocycles. The highest BCUT2D eigenvalue weighted by Crippen LogP contribution is 2.47. The van der Waals surface area contributed by atoms with E-state index in [1.54, 1.807) is 0 Å². The van der Waals surface area contributed by atoms with Gasteiger partial charge in [-0.2, -0.15) is 0 Å². The van der Waals surface area contributed by atoms with Crippen LogP contribution in [-0.4, -0.2) is 98.9 Å². The van der Waals surface area contributed by atoms with Crippen LogP contribution in [0, 0.1) is 0 Å². The summed E-state index contributed by atoms with van der Waals surface area (Å²) in [5.74, 6) is -0.464. The first kappa shape index (κ1) is 77.4. The number of aliphatic hydroxyl groups is 5. The maximum Gasteiger partial charge on any atom is 0.472 e. The highest BCUT2D eigenvalue weighted by atomic mass is 31.2. The van der Waals surface area contributed by atoms with E-state index in [0.29, 0.717) is 13.0 Å². The third kappa shape index (κ3) is 47.6. The smallest absolute Gasteiger partial charge is 0.457 e. The summed E-state index contributed by atoms with van der Waals surface area (Å²) in [6.45, 7) is 4.36.